The second kappa shape index (κ2) is 9.38. The number of carbonyl (C=O) groups is 1. The van der Waals surface area contributed by atoms with Crippen LogP contribution in [-0.4, -0.2) is 43.5 Å². The molecule has 150 valence electrons. The molecule has 0 aromatic heterocycles. The van der Waals surface area contributed by atoms with E-state index < -0.39 is 4.92 Å². The van der Waals surface area contributed by atoms with Gasteiger partial charge in [-0.05, 0) is 37.7 Å². The van der Waals surface area contributed by atoms with Gasteiger partial charge in [0.1, 0.15) is 5.75 Å². The molecule has 2 aromatic rings. The lowest BCUT2D eigenvalue weighted by molar-refractivity contribution is -0.385. The van der Waals surface area contributed by atoms with E-state index in [9.17, 15) is 14.9 Å². The van der Waals surface area contributed by atoms with Crippen molar-refractivity contribution in [1.29, 1.82) is 0 Å². The van der Waals surface area contributed by atoms with Crippen LogP contribution in [0.1, 0.15) is 11.1 Å². The summed E-state index contributed by atoms with van der Waals surface area (Å²) in [5.74, 6) is 0.512. The zero-order chi connectivity index (χ0) is 20.8. The molecule has 0 radical (unpaired) electrons. The van der Waals surface area contributed by atoms with Crippen LogP contribution in [0.4, 0.5) is 11.4 Å². The Bertz CT molecular complexity index is 888. The molecular weight excluding hydrogens is 386 g/mol. The van der Waals surface area contributed by atoms with Crippen molar-refractivity contribution in [3.63, 3.8) is 0 Å². The Kier molecular flexibility index (Phi) is 7.19. The molecule has 0 heterocycles. The van der Waals surface area contributed by atoms with Crippen molar-refractivity contribution in [1.82, 2.24) is 4.90 Å². The van der Waals surface area contributed by atoms with E-state index >= 15 is 0 Å². The number of ether oxygens (including phenoxy) is 2. The summed E-state index contributed by atoms with van der Waals surface area (Å²) in [4.78, 5) is 24.8. The summed E-state index contributed by atoms with van der Waals surface area (Å²) in [6.45, 7) is 2.25. The van der Waals surface area contributed by atoms with Gasteiger partial charge in [-0.3, -0.25) is 19.8 Å². The third-order valence-electron chi connectivity index (χ3n) is 4.09. The van der Waals surface area contributed by atoms with Crippen molar-refractivity contribution < 1.29 is 19.2 Å². The van der Waals surface area contributed by atoms with E-state index in [1.54, 1.807) is 39.3 Å². The second-order valence-corrected chi connectivity index (χ2v) is 6.71. The van der Waals surface area contributed by atoms with Gasteiger partial charge in [-0.1, -0.05) is 11.6 Å². The molecule has 0 aliphatic rings. The molecule has 28 heavy (non-hydrogen) atoms. The number of nitrogens with zero attached hydrogens (tertiary/aromatic N) is 2. The van der Waals surface area contributed by atoms with E-state index in [0.29, 0.717) is 28.6 Å². The topological polar surface area (TPSA) is 93.9 Å². The maximum Gasteiger partial charge on any atom is 0.311 e. The number of nitro groups is 1. The number of benzene rings is 2. The van der Waals surface area contributed by atoms with Gasteiger partial charge in [0, 0.05) is 35.0 Å². The van der Waals surface area contributed by atoms with Crippen LogP contribution in [-0.2, 0) is 11.3 Å². The molecule has 2 aromatic carbocycles. The van der Waals surface area contributed by atoms with Gasteiger partial charge < -0.3 is 14.8 Å². The molecule has 8 nitrogen and oxygen atoms in total. The number of hydrogen-bond donors (Lipinski definition) is 1. The predicted molar refractivity (Wildman–Crippen MR) is 107 cm³/mol. The van der Waals surface area contributed by atoms with Gasteiger partial charge in [0.25, 0.3) is 0 Å². The predicted octanol–water partition coefficient (Wildman–Crippen LogP) is 3.64. The molecular formula is C19H22ClN3O5. The summed E-state index contributed by atoms with van der Waals surface area (Å²) in [6, 6.07) is 8.12. The minimum atomic E-state index is -0.524. The highest BCUT2D eigenvalue weighted by Crippen LogP contribution is 2.32. The first-order valence-electron chi connectivity index (χ1n) is 8.39. The molecule has 0 aliphatic heterocycles. The molecule has 0 bridgehead atoms. The maximum absolute atomic E-state index is 12.4. The minimum absolute atomic E-state index is 0.0860. The number of likely N-dealkylation sites (N-methyl/N-ethyl adjacent to an activating group) is 1. The number of nitrogens with one attached hydrogen (secondary N) is 1. The molecule has 0 aliphatic carbocycles. The van der Waals surface area contributed by atoms with Crippen LogP contribution in [0.5, 0.6) is 11.5 Å². The van der Waals surface area contributed by atoms with Crippen molar-refractivity contribution >= 4 is 28.9 Å². The molecule has 0 saturated carbocycles. The monoisotopic (exact) mass is 407 g/mol. The normalized spacial score (nSPS) is 10.6. The Labute approximate surface area is 168 Å². The van der Waals surface area contributed by atoms with Gasteiger partial charge in [0.15, 0.2) is 5.75 Å². The van der Waals surface area contributed by atoms with E-state index in [1.165, 1.54) is 19.2 Å². The Morgan fingerprint density at radius 2 is 1.89 bits per heavy atom. The molecule has 0 saturated heterocycles. The van der Waals surface area contributed by atoms with E-state index in [-0.39, 0.29) is 23.9 Å². The second-order valence-electron chi connectivity index (χ2n) is 6.27. The maximum atomic E-state index is 12.4. The zero-order valence-electron chi connectivity index (χ0n) is 16.1. The third-order valence-corrected chi connectivity index (χ3v) is 4.33. The van der Waals surface area contributed by atoms with Crippen molar-refractivity contribution in [3.8, 4) is 11.5 Å². The highest BCUT2D eigenvalue weighted by atomic mass is 35.5. The van der Waals surface area contributed by atoms with Gasteiger partial charge in [0.2, 0.25) is 5.91 Å². The Hall–Kier alpha value is -2.84. The summed E-state index contributed by atoms with van der Waals surface area (Å²) in [7, 11) is 4.71. The van der Waals surface area contributed by atoms with Crippen LogP contribution in [0.15, 0.2) is 30.3 Å². The lowest BCUT2D eigenvalue weighted by atomic mass is 10.1. The first-order valence-corrected chi connectivity index (χ1v) is 8.76. The summed E-state index contributed by atoms with van der Waals surface area (Å²) in [6.07, 6.45) is 0. The summed E-state index contributed by atoms with van der Waals surface area (Å²) < 4.78 is 10.4. The molecule has 0 fully saturated rings. The Morgan fingerprint density at radius 3 is 2.50 bits per heavy atom. The third kappa shape index (κ3) is 5.34. The number of anilines is 1. The van der Waals surface area contributed by atoms with Crippen molar-refractivity contribution in [2.24, 2.45) is 0 Å². The first kappa shape index (κ1) is 21.5. The smallest absolute Gasteiger partial charge is 0.311 e. The fourth-order valence-corrected chi connectivity index (χ4v) is 2.96. The fourth-order valence-electron chi connectivity index (χ4n) is 2.77. The lowest BCUT2D eigenvalue weighted by Crippen LogP contribution is -2.30. The largest absolute Gasteiger partial charge is 0.496 e. The van der Waals surface area contributed by atoms with Crippen molar-refractivity contribution in [3.05, 3.63) is 56.6 Å². The summed E-state index contributed by atoms with van der Waals surface area (Å²) in [5.41, 5.74) is 1.74. The number of aryl methyl sites for hydroxylation is 1. The number of halogens is 1. The molecule has 0 atom stereocenters. The minimum Gasteiger partial charge on any atom is -0.496 e. The van der Waals surface area contributed by atoms with E-state index in [2.05, 4.69) is 5.32 Å². The number of nitro benzene ring substituents is 1. The number of carbonyl (C=O) groups excluding carboxylic acids is 1. The van der Waals surface area contributed by atoms with Crippen LogP contribution in [0.3, 0.4) is 0 Å². The number of hydrogen-bond acceptors (Lipinski definition) is 6. The van der Waals surface area contributed by atoms with E-state index in [1.807, 2.05) is 4.90 Å². The Balaban J connectivity index is 2.08. The Morgan fingerprint density at radius 1 is 1.21 bits per heavy atom. The molecule has 2 rings (SSSR count). The van der Waals surface area contributed by atoms with E-state index in [0.717, 1.165) is 5.56 Å². The van der Waals surface area contributed by atoms with E-state index in [4.69, 9.17) is 21.1 Å². The van der Waals surface area contributed by atoms with Crippen LogP contribution in [0.2, 0.25) is 5.02 Å². The van der Waals surface area contributed by atoms with Gasteiger partial charge in [-0.25, -0.2) is 0 Å². The van der Waals surface area contributed by atoms with Crippen molar-refractivity contribution in [2.75, 3.05) is 33.1 Å². The highest BCUT2D eigenvalue weighted by molar-refractivity contribution is 6.30. The van der Waals surface area contributed by atoms with Gasteiger partial charge >= 0.3 is 5.69 Å². The molecule has 1 N–H and O–H groups in total. The van der Waals surface area contributed by atoms with Crippen molar-refractivity contribution in [2.45, 2.75) is 13.5 Å². The fraction of sp³-hybridized carbons (Fsp3) is 0.316. The molecule has 0 spiro atoms. The summed E-state index contributed by atoms with van der Waals surface area (Å²) >= 11 is 6.04. The van der Waals surface area contributed by atoms with Gasteiger partial charge in [-0.15, -0.1) is 0 Å². The average Bonchev–Trinajstić information content (AvgIpc) is 2.62. The standard InChI is InChI=1S/C19H22ClN3O5/c1-12-7-16(23(25)26)18(28-4)9-15(12)21-19(24)11-22(2)10-13-8-14(20)5-6-17(13)27-3/h5-9H,10-11H2,1-4H3,(H,21,24). The van der Waals surface area contributed by atoms with Gasteiger partial charge in [0.05, 0.1) is 25.7 Å². The first-order chi connectivity index (χ1) is 13.2. The van der Waals surface area contributed by atoms with Crippen LogP contribution in [0.25, 0.3) is 0 Å². The van der Waals surface area contributed by atoms with Gasteiger partial charge in [-0.2, -0.15) is 0 Å². The molecule has 9 heteroatoms. The van der Waals surface area contributed by atoms with Crippen LogP contribution in [0, 0.1) is 17.0 Å². The highest BCUT2D eigenvalue weighted by Gasteiger charge is 2.19. The molecule has 1 amide bonds. The SMILES string of the molecule is COc1ccc(Cl)cc1CN(C)CC(=O)Nc1cc(OC)c([N+](=O)[O-])cc1C. The number of rotatable bonds is 8. The zero-order valence-corrected chi connectivity index (χ0v) is 16.9. The van der Waals surface area contributed by atoms with Crippen LogP contribution >= 0.6 is 11.6 Å². The summed E-state index contributed by atoms with van der Waals surface area (Å²) in [5, 5.41) is 14.4. The molecule has 0 unspecified atom stereocenters. The average molecular weight is 408 g/mol. The quantitative estimate of drug-likeness (QED) is 0.530. The lowest BCUT2D eigenvalue weighted by Gasteiger charge is -2.19. The number of methoxy groups -OCH3 is 2. The van der Waals surface area contributed by atoms with Crippen LogP contribution < -0.4 is 14.8 Å². The number of amides is 1.